The molecule has 1 saturated carbocycles. The molecule has 3 aromatic heterocycles. The van der Waals surface area contributed by atoms with E-state index >= 15 is 0 Å². The Kier molecular flexibility index (Phi) is 7.18. The molecule has 0 bridgehead atoms. The lowest BCUT2D eigenvalue weighted by molar-refractivity contribution is 0.102. The van der Waals surface area contributed by atoms with Gasteiger partial charge >= 0.3 is 0 Å². The molecule has 5 rings (SSSR count). The molecule has 2 fully saturated rings. The monoisotopic (exact) mass is 521 g/mol. The molecule has 0 unspecified atom stereocenters. The van der Waals surface area contributed by atoms with E-state index in [9.17, 15) is 4.79 Å². The van der Waals surface area contributed by atoms with Gasteiger partial charge in [0, 0.05) is 50.0 Å². The Morgan fingerprint density at radius 3 is 2.52 bits per heavy atom. The van der Waals surface area contributed by atoms with E-state index in [1.165, 1.54) is 55.8 Å². The first-order valence-electron chi connectivity index (χ1n) is 11.2. The quantitative estimate of drug-likeness (QED) is 0.427. The number of pyridine rings is 1. The summed E-state index contributed by atoms with van der Waals surface area (Å²) >= 11 is 15.3. The molecule has 1 saturated heterocycles. The SMILES string of the molecule is O=C(Nc1nc(-c2cc(Cl)cs2)c(N2CCN(C3CCCCC3)CC2)s1)c1cncc(Cl)c1. The second-order valence-electron chi connectivity index (χ2n) is 8.46. The molecule has 0 aromatic carbocycles. The summed E-state index contributed by atoms with van der Waals surface area (Å²) in [6, 6.07) is 4.28. The number of rotatable bonds is 5. The van der Waals surface area contributed by atoms with Crippen LogP contribution in [0.25, 0.3) is 10.6 Å². The summed E-state index contributed by atoms with van der Waals surface area (Å²) in [4.78, 5) is 27.6. The number of piperazine rings is 1. The number of thiophene rings is 1. The van der Waals surface area contributed by atoms with Gasteiger partial charge in [-0.25, -0.2) is 4.98 Å². The van der Waals surface area contributed by atoms with Crippen molar-refractivity contribution in [3.05, 3.63) is 45.5 Å². The van der Waals surface area contributed by atoms with Crippen LogP contribution in [0.2, 0.25) is 10.0 Å². The number of nitrogens with zero attached hydrogens (tertiary/aromatic N) is 4. The lowest BCUT2D eigenvalue weighted by atomic mass is 9.94. The molecule has 4 heterocycles. The number of amides is 1. The third kappa shape index (κ3) is 5.35. The van der Waals surface area contributed by atoms with Crippen LogP contribution in [-0.2, 0) is 0 Å². The van der Waals surface area contributed by atoms with Crippen molar-refractivity contribution < 1.29 is 4.79 Å². The molecule has 1 aliphatic heterocycles. The minimum atomic E-state index is -0.275. The summed E-state index contributed by atoms with van der Waals surface area (Å²) in [6.45, 7) is 4.03. The molecule has 6 nitrogen and oxygen atoms in total. The van der Waals surface area contributed by atoms with Crippen LogP contribution >= 0.6 is 45.9 Å². The third-order valence-electron chi connectivity index (χ3n) is 6.29. The Bertz CT molecular complexity index is 1120. The minimum Gasteiger partial charge on any atom is -0.359 e. The minimum absolute atomic E-state index is 0.275. The lowest BCUT2D eigenvalue weighted by Gasteiger charge is -2.41. The Labute approximate surface area is 211 Å². The van der Waals surface area contributed by atoms with E-state index in [1.54, 1.807) is 17.4 Å². The average Bonchev–Trinajstić information content (AvgIpc) is 3.46. The fraction of sp³-hybridized carbons (Fsp3) is 0.435. The number of hydrogen-bond acceptors (Lipinski definition) is 7. The summed E-state index contributed by atoms with van der Waals surface area (Å²) in [5.74, 6) is -0.275. The zero-order chi connectivity index (χ0) is 22.8. The van der Waals surface area contributed by atoms with Crippen molar-refractivity contribution >= 4 is 61.9 Å². The predicted molar refractivity (Wildman–Crippen MR) is 138 cm³/mol. The van der Waals surface area contributed by atoms with Gasteiger partial charge in [-0.15, -0.1) is 11.3 Å². The molecule has 0 radical (unpaired) electrons. The molecular weight excluding hydrogens is 497 g/mol. The first kappa shape index (κ1) is 23.1. The summed E-state index contributed by atoms with van der Waals surface area (Å²) in [5.41, 5.74) is 1.28. The van der Waals surface area contributed by atoms with Gasteiger partial charge in [-0.3, -0.25) is 20.0 Å². The van der Waals surface area contributed by atoms with E-state index < -0.39 is 0 Å². The maximum absolute atomic E-state index is 12.7. The normalized spacial score (nSPS) is 17.9. The number of aromatic nitrogens is 2. The highest BCUT2D eigenvalue weighted by Crippen LogP contribution is 2.42. The van der Waals surface area contributed by atoms with Gasteiger partial charge in [0.05, 0.1) is 20.5 Å². The van der Waals surface area contributed by atoms with Crippen molar-refractivity contribution in [2.75, 3.05) is 36.4 Å². The molecule has 1 aliphatic carbocycles. The van der Waals surface area contributed by atoms with E-state index in [-0.39, 0.29) is 5.91 Å². The summed E-state index contributed by atoms with van der Waals surface area (Å²) in [6.07, 6.45) is 9.75. The fourth-order valence-electron chi connectivity index (χ4n) is 4.62. The zero-order valence-electron chi connectivity index (χ0n) is 18.1. The first-order chi connectivity index (χ1) is 16.1. The molecule has 33 heavy (non-hydrogen) atoms. The van der Waals surface area contributed by atoms with E-state index in [0.717, 1.165) is 47.8 Å². The highest BCUT2D eigenvalue weighted by atomic mass is 35.5. The largest absolute Gasteiger partial charge is 0.359 e. The number of hydrogen-bond donors (Lipinski definition) is 1. The second kappa shape index (κ2) is 10.3. The maximum Gasteiger partial charge on any atom is 0.259 e. The molecule has 1 amide bonds. The van der Waals surface area contributed by atoms with Crippen molar-refractivity contribution in [3.63, 3.8) is 0 Å². The van der Waals surface area contributed by atoms with Crippen molar-refractivity contribution in [1.29, 1.82) is 0 Å². The van der Waals surface area contributed by atoms with Crippen molar-refractivity contribution in [1.82, 2.24) is 14.9 Å². The van der Waals surface area contributed by atoms with Gasteiger partial charge in [0.25, 0.3) is 5.91 Å². The lowest BCUT2D eigenvalue weighted by Crippen LogP contribution is -2.50. The summed E-state index contributed by atoms with van der Waals surface area (Å²) in [7, 11) is 0. The zero-order valence-corrected chi connectivity index (χ0v) is 21.2. The third-order valence-corrected chi connectivity index (χ3v) is 8.81. The van der Waals surface area contributed by atoms with Gasteiger partial charge in [-0.1, -0.05) is 53.8 Å². The average molecular weight is 523 g/mol. The van der Waals surface area contributed by atoms with Gasteiger partial charge in [-0.05, 0) is 25.0 Å². The number of nitrogens with one attached hydrogen (secondary N) is 1. The van der Waals surface area contributed by atoms with Gasteiger partial charge in [0.15, 0.2) is 5.13 Å². The number of thiazole rings is 1. The van der Waals surface area contributed by atoms with Crippen LogP contribution in [-0.4, -0.2) is 53.0 Å². The number of anilines is 2. The fourth-order valence-corrected chi connectivity index (χ4v) is 6.95. The molecule has 174 valence electrons. The van der Waals surface area contributed by atoms with Crippen molar-refractivity contribution in [3.8, 4) is 10.6 Å². The van der Waals surface area contributed by atoms with E-state index in [4.69, 9.17) is 28.2 Å². The second-order valence-corrected chi connectivity index (χ2v) is 11.2. The van der Waals surface area contributed by atoms with Gasteiger partial charge in [-0.2, -0.15) is 0 Å². The molecule has 0 atom stereocenters. The van der Waals surface area contributed by atoms with Crippen LogP contribution in [0.15, 0.2) is 29.9 Å². The Hall–Kier alpha value is -1.71. The maximum atomic E-state index is 12.7. The van der Waals surface area contributed by atoms with Crippen LogP contribution in [0.5, 0.6) is 0 Å². The molecular formula is C23H25Cl2N5OS2. The number of halogens is 2. The highest BCUT2D eigenvalue weighted by molar-refractivity contribution is 7.21. The van der Waals surface area contributed by atoms with Crippen molar-refractivity contribution in [2.24, 2.45) is 0 Å². The van der Waals surface area contributed by atoms with Crippen molar-refractivity contribution in [2.45, 2.75) is 38.1 Å². The van der Waals surface area contributed by atoms with E-state index in [2.05, 4.69) is 20.1 Å². The highest BCUT2D eigenvalue weighted by Gasteiger charge is 2.28. The first-order valence-corrected chi connectivity index (χ1v) is 13.7. The summed E-state index contributed by atoms with van der Waals surface area (Å²) < 4.78 is 0. The van der Waals surface area contributed by atoms with Crippen LogP contribution in [0.3, 0.4) is 0 Å². The smallest absolute Gasteiger partial charge is 0.259 e. The summed E-state index contributed by atoms with van der Waals surface area (Å²) in [5, 5.41) is 7.60. The molecule has 3 aromatic rings. The number of carbonyl (C=O) groups is 1. The standard InChI is InChI=1S/C23H25Cl2N5OS2/c24-16-10-15(12-26-13-16)21(31)28-23-27-20(19-11-17(25)14-32-19)22(33-23)30-8-6-29(7-9-30)18-4-2-1-3-5-18/h10-14,18H,1-9H2,(H,27,28,31). The topological polar surface area (TPSA) is 61.4 Å². The Balaban J connectivity index is 1.36. The van der Waals surface area contributed by atoms with Crippen LogP contribution < -0.4 is 10.2 Å². The van der Waals surface area contributed by atoms with Crippen LogP contribution in [0.1, 0.15) is 42.5 Å². The Morgan fingerprint density at radius 2 is 1.82 bits per heavy atom. The van der Waals surface area contributed by atoms with E-state index in [0.29, 0.717) is 20.7 Å². The van der Waals surface area contributed by atoms with Crippen LogP contribution in [0.4, 0.5) is 10.1 Å². The molecule has 2 aliphatic rings. The van der Waals surface area contributed by atoms with Gasteiger partial charge < -0.3 is 4.90 Å². The molecule has 1 N–H and O–H groups in total. The molecule has 10 heteroatoms. The van der Waals surface area contributed by atoms with Gasteiger partial charge in [0.1, 0.15) is 10.7 Å². The van der Waals surface area contributed by atoms with E-state index in [1.807, 2.05) is 11.4 Å². The van der Waals surface area contributed by atoms with Gasteiger partial charge in [0.2, 0.25) is 0 Å². The number of carbonyl (C=O) groups excluding carboxylic acids is 1. The predicted octanol–water partition coefficient (Wildman–Crippen LogP) is 6.28. The molecule has 0 spiro atoms. The Morgan fingerprint density at radius 1 is 1.03 bits per heavy atom. The van der Waals surface area contributed by atoms with Crippen LogP contribution in [0, 0.1) is 0 Å².